The van der Waals surface area contributed by atoms with Gasteiger partial charge in [-0.05, 0) is 29.8 Å². The Morgan fingerprint density at radius 1 is 1.17 bits per heavy atom. The molecule has 0 spiro atoms. The van der Waals surface area contributed by atoms with Crippen LogP contribution in [0.5, 0.6) is 0 Å². The molecule has 0 saturated carbocycles. The maximum Gasteiger partial charge on any atom is 0.337 e. The summed E-state index contributed by atoms with van der Waals surface area (Å²) in [6.07, 6.45) is 1.61. The van der Waals surface area contributed by atoms with Gasteiger partial charge >= 0.3 is 5.97 Å². The van der Waals surface area contributed by atoms with Crippen LogP contribution in [-0.4, -0.2) is 13.1 Å². The summed E-state index contributed by atoms with van der Waals surface area (Å²) in [6.45, 7) is 0.911. The van der Waals surface area contributed by atoms with Crippen LogP contribution in [0.25, 0.3) is 0 Å². The van der Waals surface area contributed by atoms with Crippen molar-refractivity contribution in [3.8, 4) is 0 Å². The van der Waals surface area contributed by atoms with Gasteiger partial charge in [0.2, 0.25) is 0 Å². The van der Waals surface area contributed by atoms with E-state index in [-0.39, 0.29) is 5.97 Å². The fraction of sp³-hybridized carbons (Fsp3) is 0.214. The third-order valence-corrected chi connectivity index (χ3v) is 2.47. The average Bonchev–Trinajstić information content (AvgIpc) is 2.92. The lowest BCUT2D eigenvalue weighted by Crippen LogP contribution is -2.01. The van der Waals surface area contributed by atoms with E-state index in [0.717, 1.165) is 11.3 Å². The number of esters is 1. The smallest absolute Gasteiger partial charge is 0.337 e. The van der Waals surface area contributed by atoms with Gasteiger partial charge in [0.1, 0.15) is 12.4 Å². The van der Waals surface area contributed by atoms with Gasteiger partial charge in [-0.3, -0.25) is 0 Å². The van der Waals surface area contributed by atoms with Crippen LogP contribution in [0.3, 0.4) is 0 Å². The summed E-state index contributed by atoms with van der Waals surface area (Å²) >= 11 is 0. The first-order valence-electron chi connectivity index (χ1n) is 5.57. The summed E-state index contributed by atoms with van der Waals surface area (Å²) in [5, 5.41) is 0. The maximum absolute atomic E-state index is 11.2. The van der Waals surface area contributed by atoms with E-state index in [1.165, 1.54) is 7.11 Å². The van der Waals surface area contributed by atoms with Gasteiger partial charge in [-0.15, -0.1) is 0 Å². The second-order valence-electron chi connectivity index (χ2n) is 3.76. The molecule has 0 aliphatic carbocycles. The molecule has 4 nitrogen and oxygen atoms in total. The van der Waals surface area contributed by atoms with E-state index in [2.05, 4.69) is 4.74 Å². The molecule has 0 amide bonds. The van der Waals surface area contributed by atoms with Crippen LogP contribution in [0.2, 0.25) is 0 Å². The molecule has 0 unspecified atom stereocenters. The zero-order valence-corrected chi connectivity index (χ0v) is 10.1. The predicted octanol–water partition coefficient (Wildman–Crippen LogP) is 2.78. The molecule has 1 aromatic heterocycles. The number of carbonyl (C=O) groups excluding carboxylic acids is 1. The molecule has 0 fully saturated rings. The average molecular weight is 246 g/mol. The molecule has 0 bridgehead atoms. The second kappa shape index (κ2) is 6.02. The van der Waals surface area contributed by atoms with Crippen molar-refractivity contribution in [2.24, 2.45) is 0 Å². The fourth-order valence-corrected chi connectivity index (χ4v) is 1.52. The Hall–Kier alpha value is -2.07. The van der Waals surface area contributed by atoms with E-state index in [0.29, 0.717) is 18.8 Å². The Morgan fingerprint density at radius 2 is 1.94 bits per heavy atom. The SMILES string of the molecule is COC(=O)c1ccc(COCc2ccco2)cc1. The number of rotatable bonds is 5. The molecular weight excluding hydrogens is 232 g/mol. The summed E-state index contributed by atoms with van der Waals surface area (Å²) in [7, 11) is 1.36. The van der Waals surface area contributed by atoms with E-state index in [1.54, 1.807) is 18.4 Å². The highest BCUT2D eigenvalue weighted by molar-refractivity contribution is 5.89. The number of carbonyl (C=O) groups is 1. The number of hydrogen-bond acceptors (Lipinski definition) is 4. The molecule has 1 aromatic carbocycles. The van der Waals surface area contributed by atoms with Gasteiger partial charge in [0.15, 0.2) is 0 Å². The monoisotopic (exact) mass is 246 g/mol. The standard InChI is InChI=1S/C14H14O4/c1-16-14(15)12-6-4-11(5-7-12)9-17-10-13-3-2-8-18-13/h2-8H,9-10H2,1H3. The quantitative estimate of drug-likeness (QED) is 0.761. The highest BCUT2D eigenvalue weighted by Gasteiger charge is 2.04. The molecule has 0 radical (unpaired) electrons. The number of hydrogen-bond donors (Lipinski definition) is 0. The van der Waals surface area contributed by atoms with Crippen molar-refractivity contribution in [3.05, 3.63) is 59.5 Å². The van der Waals surface area contributed by atoms with Crippen molar-refractivity contribution < 1.29 is 18.7 Å². The Morgan fingerprint density at radius 3 is 2.56 bits per heavy atom. The maximum atomic E-state index is 11.2. The summed E-state index contributed by atoms with van der Waals surface area (Å²) in [5.41, 5.74) is 1.53. The molecule has 2 rings (SSSR count). The first-order valence-corrected chi connectivity index (χ1v) is 5.57. The Balaban J connectivity index is 1.85. The zero-order chi connectivity index (χ0) is 12.8. The van der Waals surface area contributed by atoms with E-state index in [1.807, 2.05) is 24.3 Å². The van der Waals surface area contributed by atoms with Crippen LogP contribution in [0.4, 0.5) is 0 Å². The summed E-state index contributed by atoms with van der Waals surface area (Å²) in [6, 6.07) is 10.8. The van der Waals surface area contributed by atoms with Gasteiger partial charge in [0, 0.05) is 0 Å². The topological polar surface area (TPSA) is 48.7 Å². The lowest BCUT2D eigenvalue weighted by Gasteiger charge is -2.04. The molecule has 94 valence electrons. The van der Waals surface area contributed by atoms with Crippen LogP contribution in [0.1, 0.15) is 21.7 Å². The van der Waals surface area contributed by atoms with Crippen molar-refractivity contribution in [1.82, 2.24) is 0 Å². The number of benzene rings is 1. The van der Waals surface area contributed by atoms with E-state index >= 15 is 0 Å². The lowest BCUT2D eigenvalue weighted by atomic mass is 10.1. The van der Waals surface area contributed by atoms with Crippen LogP contribution in [0, 0.1) is 0 Å². The Labute approximate surface area is 105 Å². The van der Waals surface area contributed by atoms with Crippen molar-refractivity contribution in [2.45, 2.75) is 13.2 Å². The van der Waals surface area contributed by atoms with Crippen LogP contribution in [-0.2, 0) is 22.7 Å². The van der Waals surface area contributed by atoms with Crippen LogP contribution < -0.4 is 0 Å². The van der Waals surface area contributed by atoms with E-state index in [4.69, 9.17) is 9.15 Å². The third-order valence-electron chi connectivity index (χ3n) is 2.47. The molecule has 0 aliphatic heterocycles. The highest BCUT2D eigenvalue weighted by Crippen LogP contribution is 2.09. The molecule has 2 aromatic rings. The normalized spacial score (nSPS) is 10.3. The molecule has 0 aliphatic rings. The molecule has 1 heterocycles. The van der Waals surface area contributed by atoms with Gasteiger partial charge < -0.3 is 13.9 Å². The molecule has 18 heavy (non-hydrogen) atoms. The molecule has 4 heteroatoms. The molecule has 0 atom stereocenters. The minimum Gasteiger partial charge on any atom is -0.467 e. The predicted molar refractivity (Wildman–Crippen MR) is 65.0 cm³/mol. The Kier molecular flexibility index (Phi) is 4.15. The van der Waals surface area contributed by atoms with Crippen molar-refractivity contribution >= 4 is 5.97 Å². The summed E-state index contributed by atoms with van der Waals surface area (Å²) in [4.78, 5) is 11.2. The number of ether oxygens (including phenoxy) is 2. The van der Waals surface area contributed by atoms with Crippen molar-refractivity contribution in [3.63, 3.8) is 0 Å². The first kappa shape index (κ1) is 12.4. The summed E-state index contributed by atoms with van der Waals surface area (Å²) in [5.74, 6) is 0.458. The first-order chi connectivity index (χ1) is 8.79. The van der Waals surface area contributed by atoms with Gasteiger partial charge in [-0.1, -0.05) is 12.1 Å². The number of methoxy groups -OCH3 is 1. The van der Waals surface area contributed by atoms with Gasteiger partial charge in [0.25, 0.3) is 0 Å². The minimum absolute atomic E-state index is 0.335. The molecule has 0 N–H and O–H groups in total. The minimum atomic E-state index is -0.335. The van der Waals surface area contributed by atoms with Crippen LogP contribution >= 0.6 is 0 Å². The highest BCUT2D eigenvalue weighted by atomic mass is 16.5. The van der Waals surface area contributed by atoms with Crippen molar-refractivity contribution in [2.75, 3.05) is 7.11 Å². The lowest BCUT2D eigenvalue weighted by molar-refractivity contribution is 0.0600. The number of furan rings is 1. The van der Waals surface area contributed by atoms with Gasteiger partial charge in [0.05, 0.1) is 25.5 Å². The Bertz CT molecular complexity index is 485. The molecular formula is C14H14O4. The van der Waals surface area contributed by atoms with E-state index in [9.17, 15) is 4.79 Å². The van der Waals surface area contributed by atoms with Gasteiger partial charge in [-0.2, -0.15) is 0 Å². The van der Waals surface area contributed by atoms with Gasteiger partial charge in [-0.25, -0.2) is 4.79 Å². The zero-order valence-electron chi connectivity index (χ0n) is 10.1. The largest absolute Gasteiger partial charge is 0.467 e. The molecule has 0 saturated heterocycles. The summed E-state index contributed by atoms with van der Waals surface area (Å²) < 4.78 is 15.3. The third kappa shape index (κ3) is 3.21. The van der Waals surface area contributed by atoms with E-state index < -0.39 is 0 Å². The van der Waals surface area contributed by atoms with Crippen molar-refractivity contribution in [1.29, 1.82) is 0 Å². The second-order valence-corrected chi connectivity index (χ2v) is 3.76. The van der Waals surface area contributed by atoms with Crippen LogP contribution in [0.15, 0.2) is 47.1 Å². The fourth-order valence-electron chi connectivity index (χ4n) is 1.52.